The number of fused-ring (bicyclic) bond motifs is 1. The van der Waals surface area contributed by atoms with Gasteiger partial charge < -0.3 is 30.5 Å². The van der Waals surface area contributed by atoms with Crippen molar-refractivity contribution in [3.8, 4) is 0 Å². The second-order valence-electron chi connectivity index (χ2n) is 7.71. The summed E-state index contributed by atoms with van der Waals surface area (Å²) in [5.74, 6) is -7.78. The van der Waals surface area contributed by atoms with Crippen molar-refractivity contribution in [3.63, 3.8) is 0 Å². The molecule has 22 heteroatoms. The molecular weight excluding hydrogens is 619 g/mol. The van der Waals surface area contributed by atoms with Crippen LogP contribution in [-0.2, 0) is 19.2 Å². The van der Waals surface area contributed by atoms with E-state index in [1.54, 1.807) is 12.3 Å². The van der Waals surface area contributed by atoms with Gasteiger partial charge in [-0.2, -0.15) is 39.5 Å². The zero-order valence-electron chi connectivity index (χ0n) is 20.9. The van der Waals surface area contributed by atoms with Gasteiger partial charge in [0.25, 0.3) is 5.91 Å². The van der Waals surface area contributed by atoms with Crippen molar-refractivity contribution >= 4 is 46.9 Å². The lowest BCUT2D eigenvalue weighted by molar-refractivity contribution is -0.193. The Labute approximate surface area is 232 Å². The second kappa shape index (κ2) is 14.8. The minimum absolute atomic E-state index is 0.160. The van der Waals surface area contributed by atoms with Gasteiger partial charge >= 0.3 is 36.4 Å². The Bertz CT molecular complexity index is 1300. The van der Waals surface area contributed by atoms with Crippen LogP contribution in [0.5, 0.6) is 0 Å². The summed E-state index contributed by atoms with van der Waals surface area (Å²) < 4.78 is 95.2. The second-order valence-corrected chi connectivity index (χ2v) is 7.71. The number of aliphatic carboxylic acids is 3. The quantitative estimate of drug-likeness (QED) is 0.199. The van der Waals surface area contributed by atoms with E-state index in [-0.39, 0.29) is 5.91 Å². The Morgan fingerprint density at radius 2 is 1.33 bits per heavy atom. The van der Waals surface area contributed by atoms with Crippen molar-refractivity contribution in [2.45, 2.75) is 18.5 Å². The first kappa shape index (κ1) is 36.1. The van der Waals surface area contributed by atoms with Crippen molar-refractivity contribution in [2.75, 3.05) is 26.2 Å². The molecule has 0 atom stereocenters. The lowest BCUT2D eigenvalue weighted by atomic mass is 10.2. The maximum Gasteiger partial charge on any atom is 0.490 e. The topological polar surface area (TPSA) is 197 Å². The number of carboxylic acid groups (broad SMARTS) is 3. The number of piperazine rings is 1. The summed E-state index contributed by atoms with van der Waals surface area (Å²) in [4.78, 5) is 52.7. The van der Waals surface area contributed by atoms with Crippen LogP contribution < -0.4 is 10.6 Å². The average Bonchev–Trinajstić information content (AvgIpc) is 3.47. The van der Waals surface area contributed by atoms with Crippen molar-refractivity contribution in [1.82, 2.24) is 25.5 Å². The maximum absolute atomic E-state index is 12.1. The van der Waals surface area contributed by atoms with Crippen LogP contribution in [0.25, 0.3) is 17.1 Å². The number of pyridine rings is 1. The van der Waals surface area contributed by atoms with E-state index in [0.29, 0.717) is 11.7 Å². The zero-order valence-corrected chi connectivity index (χ0v) is 20.9. The molecule has 2 aliphatic rings. The van der Waals surface area contributed by atoms with Crippen LogP contribution in [0.15, 0.2) is 35.2 Å². The molecule has 6 N–H and O–H groups in total. The fraction of sp³-hybridized carbons (Fsp3) is 0.333. The lowest BCUT2D eigenvalue weighted by Crippen LogP contribution is -2.50. The fourth-order valence-corrected chi connectivity index (χ4v) is 2.73. The molecule has 1 saturated heterocycles. The molecule has 238 valence electrons. The number of nitrogens with zero attached hydrogens (tertiary/aromatic N) is 3. The number of H-pyrrole nitrogens is 1. The van der Waals surface area contributed by atoms with E-state index in [0.717, 1.165) is 42.8 Å². The number of aromatic nitrogens is 2. The molecule has 0 unspecified atom stereocenters. The van der Waals surface area contributed by atoms with Gasteiger partial charge in [-0.05, 0) is 18.2 Å². The highest BCUT2D eigenvalue weighted by Gasteiger charge is 2.39. The van der Waals surface area contributed by atoms with Gasteiger partial charge in [0.15, 0.2) is 0 Å². The summed E-state index contributed by atoms with van der Waals surface area (Å²) in [6.45, 7) is 3.51. The number of nitrogens with one attached hydrogen (secondary N) is 3. The summed E-state index contributed by atoms with van der Waals surface area (Å²) in [6, 6.07) is 3.85. The molecule has 0 radical (unpaired) electrons. The number of alkyl halides is 9. The number of aromatic amines is 1. The minimum Gasteiger partial charge on any atom is -0.475 e. The van der Waals surface area contributed by atoms with Crippen LogP contribution in [0.3, 0.4) is 0 Å². The summed E-state index contributed by atoms with van der Waals surface area (Å²) in [7, 11) is 0. The molecule has 0 spiro atoms. The third-order valence-electron chi connectivity index (χ3n) is 4.60. The van der Waals surface area contributed by atoms with Gasteiger partial charge in [-0.25, -0.2) is 24.4 Å². The molecule has 13 nitrogen and oxygen atoms in total. The van der Waals surface area contributed by atoms with Crippen LogP contribution >= 0.6 is 0 Å². The molecular formula is C21H19F9N6O7. The number of halogens is 9. The van der Waals surface area contributed by atoms with E-state index in [1.165, 1.54) is 0 Å². The van der Waals surface area contributed by atoms with E-state index >= 15 is 0 Å². The van der Waals surface area contributed by atoms with Crippen LogP contribution in [-0.4, -0.2) is 105 Å². The number of carboxylic acids is 3. The largest absolute Gasteiger partial charge is 0.490 e. The number of hydrogen-bond donors (Lipinski definition) is 6. The van der Waals surface area contributed by atoms with Gasteiger partial charge in [0.1, 0.15) is 11.3 Å². The Morgan fingerprint density at radius 3 is 1.77 bits per heavy atom. The highest BCUT2D eigenvalue weighted by molar-refractivity contribution is 6.14. The third kappa shape index (κ3) is 12.2. The van der Waals surface area contributed by atoms with Gasteiger partial charge in [0.05, 0.1) is 0 Å². The Morgan fingerprint density at radius 1 is 0.860 bits per heavy atom. The number of carbonyl (C=O) groups excluding carboxylic acids is 1. The molecule has 2 aromatic rings. The molecule has 2 aliphatic heterocycles. The van der Waals surface area contributed by atoms with Gasteiger partial charge in [0.2, 0.25) is 5.96 Å². The first-order valence-corrected chi connectivity index (χ1v) is 11.0. The van der Waals surface area contributed by atoms with Gasteiger partial charge in [-0.1, -0.05) is 0 Å². The molecule has 0 bridgehead atoms. The molecule has 0 aliphatic carbocycles. The van der Waals surface area contributed by atoms with Crippen molar-refractivity contribution in [1.29, 1.82) is 0 Å². The van der Waals surface area contributed by atoms with Crippen molar-refractivity contribution in [3.05, 3.63) is 35.8 Å². The summed E-state index contributed by atoms with van der Waals surface area (Å²) in [5, 5.41) is 28.5. The number of amides is 1. The average molecular weight is 638 g/mol. The Kier molecular flexibility index (Phi) is 12.5. The van der Waals surface area contributed by atoms with Gasteiger partial charge in [0, 0.05) is 49.5 Å². The molecule has 0 aromatic carbocycles. The summed E-state index contributed by atoms with van der Waals surface area (Å²) in [5.41, 5.74) is 2.15. The van der Waals surface area contributed by atoms with Gasteiger partial charge in [-0.15, -0.1) is 0 Å². The van der Waals surface area contributed by atoms with E-state index in [4.69, 9.17) is 29.7 Å². The van der Waals surface area contributed by atoms with E-state index < -0.39 is 36.4 Å². The first-order chi connectivity index (χ1) is 19.6. The van der Waals surface area contributed by atoms with Crippen LogP contribution in [0.4, 0.5) is 39.5 Å². The van der Waals surface area contributed by atoms with E-state index in [9.17, 15) is 44.3 Å². The number of carbonyl (C=O) groups is 4. The summed E-state index contributed by atoms with van der Waals surface area (Å²) >= 11 is 0. The first-order valence-electron chi connectivity index (χ1n) is 11.0. The molecule has 1 fully saturated rings. The van der Waals surface area contributed by atoms with Crippen LogP contribution in [0, 0.1) is 0 Å². The lowest BCUT2D eigenvalue weighted by Gasteiger charge is -2.28. The molecule has 4 rings (SSSR count). The number of rotatable bonds is 1. The Balaban J connectivity index is 0.000000363. The number of guanidine groups is 1. The normalized spacial score (nSPS) is 16.0. The highest BCUT2D eigenvalue weighted by Crippen LogP contribution is 2.21. The highest BCUT2D eigenvalue weighted by atomic mass is 19.4. The molecule has 4 heterocycles. The number of aliphatic imine (C=N–C) groups is 1. The van der Waals surface area contributed by atoms with E-state index in [2.05, 4.69) is 30.5 Å². The molecule has 2 aromatic heterocycles. The van der Waals surface area contributed by atoms with E-state index in [1.807, 2.05) is 18.3 Å². The SMILES string of the molecule is O=C(O)C(F)(F)F.O=C(O)C(F)(F)F.O=C(O)C(F)(F)F.O=C1NC(N2CCNCC2)=N/C1=C\c1c[nH]c2ncccc12. The monoisotopic (exact) mass is 638 g/mol. The van der Waals surface area contributed by atoms with Crippen LogP contribution in [0.2, 0.25) is 0 Å². The molecule has 1 amide bonds. The van der Waals surface area contributed by atoms with Gasteiger partial charge in [-0.3, -0.25) is 10.1 Å². The predicted molar refractivity (Wildman–Crippen MR) is 125 cm³/mol. The standard InChI is InChI=1S/C15H16N6O.3C2HF3O2/c22-14-12(19-15(20-14)21-6-4-16-5-7-21)8-10-9-18-13-11(10)2-1-3-17-13;3*3-2(4,5)1(6)7/h1-3,8-9,16H,4-7H2,(H,17,18)(H,19,20,22);3*(H,6,7)/b12-8-;;;. The van der Waals surface area contributed by atoms with Crippen LogP contribution in [0.1, 0.15) is 5.56 Å². The van der Waals surface area contributed by atoms with Crippen molar-refractivity contribution in [2.24, 2.45) is 4.99 Å². The smallest absolute Gasteiger partial charge is 0.475 e. The van der Waals surface area contributed by atoms with Crippen molar-refractivity contribution < 1.29 is 74.0 Å². The fourth-order valence-electron chi connectivity index (χ4n) is 2.73. The molecule has 43 heavy (non-hydrogen) atoms. The maximum atomic E-state index is 12.1. The third-order valence-corrected chi connectivity index (χ3v) is 4.60. The number of hydrogen-bond acceptors (Lipinski definition) is 8. The molecule has 0 saturated carbocycles. The minimum atomic E-state index is -5.08. The Hall–Kier alpha value is -4.89. The predicted octanol–water partition coefficient (Wildman–Crippen LogP) is 2.19. The zero-order chi connectivity index (χ0) is 33.2. The summed E-state index contributed by atoms with van der Waals surface area (Å²) in [6.07, 6.45) is -9.87.